The van der Waals surface area contributed by atoms with Crippen LogP contribution in [0.5, 0.6) is 0 Å². The van der Waals surface area contributed by atoms with Gasteiger partial charge < -0.3 is 15.4 Å². The van der Waals surface area contributed by atoms with Crippen molar-refractivity contribution in [2.45, 2.75) is 38.3 Å². The van der Waals surface area contributed by atoms with Crippen molar-refractivity contribution in [1.29, 1.82) is 0 Å². The first-order chi connectivity index (χ1) is 6.69. The quantitative estimate of drug-likeness (QED) is 0.788. The Hall–Kier alpha value is -0.320. The molecule has 0 bridgehead atoms. The molecule has 5 heteroatoms. The standard InChI is InChI=1S/C10H20N2O2.ClH/c1-3-9(14-2)10(13)12-6-4-5-8(11)7-12;/h8-9H,3-7,11H2,1-2H3;1H/t8-,9?;/m1./s1. The lowest BCUT2D eigenvalue weighted by molar-refractivity contribution is -0.143. The molecule has 1 rings (SSSR count). The first kappa shape index (κ1) is 14.7. The summed E-state index contributed by atoms with van der Waals surface area (Å²) in [4.78, 5) is 13.7. The van der Waals surface area contributed by atoms with E-state index in [9.17, 15) is 4.79 Å². The van der Waals surface area contributed by atoms with E-state index >= 15 is 0 Å². The summed E-state index contributed by atoms with van der Waals surface area (Å²) in [6.07, 6.45) is 2.46. The second-order valence-corrected chi connectivity index (χ2v) is 3.82. The monoisotopic (exact) mass is 236 g/mol. The van der Waals surface area contributed by atoms with Gasteiger partial charge in [-0.3, -0.25) is 4.79 Å². The molecule has 2 atom stereocenters. The van der Waals surface area contributed by atoms with Gasteiger partial charge in [-0.1, -0.05) is 6.92 Å². The Morgan fingerprint density at radius 1 is 1.67 bits per heavy atom. The van der Waals surface area contributed by atoms with E-state index in [0.29, 0.717) is 6.54 Å². The molecule has 4 nitrogen and oxygen atoms in total. The van der Waals surface area contributed by atoms with E-state index in [1.165, 1.54) is 0 Å². The highest BCUT2D eigenvalue weighted by molar-refractivity contribution is 5.85. The topological polar surface area (TPSA) is 55.6 Å². The predicted octanol–water partition coefficient (Wildman–Crippen LogP) is 0.783. The maximum atomic E-state index is 11.9. The Morgan fingerprint density at radius 2 is 2.33 bits per heavy atom. The van der Waals surface area contributed by atoms with E-state index < -0.39 is 0 Å². The van der Waals surface area contributed by atoms with Crippen LogP contribution in [0.25, 0.3) is 0 Å². The molecule has 90 valence electrons. The number of ether oxygens (including phenoxy) is 1. The molecule has 15 heavy (non-hydrogen) atoms. The number of rotatable bonds is 3. The minimum absolute atomic E-state index is 0. The van der Waals surface area contributed by atoms with Crippen molar-refractivity contribution in [2.24, 2.45) is 5.73 Å². The average Bonchev–Trinajstić information content (AvgIpc) is 2.19. The van der Waals surface area contributed by atoms with E-state index in [1.54, 1.807) is 7.11 Å². The number of carbonyl (C=O) groups excluding carboxylic acids is 1. The van der Waals surface area contributed by atoms with Crippen LogP contribution in [0.3, 0.4) is 0 Å². The molecule has 1 aliphatic heterocycles. The van der Waals surface area contributed by atoms with Crippen LogP contribution in [0.4, 0.5) is 0 Å². The Bertz CT molecular complexity index is 198. The fraction of sp³-hybridized carbons (Fsp3) is 0.900. The second-order valence-electron chi connectivity index (χ2n) is 3.82. The molecule has 0 aliphatic carbocycles. The summed E-state index contributed by atoms with van der Waals surface area (Å²) in [5.74, 6) is 0.0881. The Kier molecular flexibility index (Phi) is 6.89. The third-order valence-electron chi connectivity index (χ3n) is 2.70. The first-order valence-electron chi connectivity index (χ1n) is 5.26. The number of likely N-dealkylation sites (tertiary alicyclic amines) is 1. The van der Waals surface area contributed by atoms with Crippen LogP contribution in [0.2, 0.25) is 0 Å². The van der Waals surface area contributed by atoms with Crippen LogP contribution in [-0.2, 0) is 9.53 Å². The van der Waals surface area contributed by atoms with Gasteiger partial charge in [-0.25, -0.2) is 0 Å². The number of nitrogens with two attached hydrogens (primary N) is 1. The summed E-state index contributed by atoms with van der Waals surface area (Å²) >= 11 is 0. The lowest BCUT2D eigenvalue weighted by atomic mass is 10.1. The molecule has 1 unspecified atom stereocenters. The summed E-state index contributed by atoms with van der Waals surface area (Å²) in [5, 5.41) is 0. The molecule has 0 spiro atoms. The molecule has 1 aliphatic rings. The van der Waals surface area contributed by atoms with Gasteiger partial charge in [0.2, 0.25) is 0 Å². The van der Waals surface area contributed by atoms with Gasteiger partial charge in [-0.2, -0.15) is 0 Å². The number of nitrogens with zero attached hydrogens (tertiary/aromatic N) is 1. The van der Waals surface area contributed by atoms with E-state index in [2.05, 4.69) is 0 Å². The van der Waals surface area contributed by atoms with Gasteiger partial charge in [0.25, 0.3) is 5.91 Å². The number of amides is 1. The van der Waals surface area contributed by atoms with Crippen LogP contribution < -0.4 is 5.73 Å². The number of piperidine rings is 1. The molecule has 1 heterocycles. The lowest BCUT2D eigenvalue weighted by Gasteiger charge is -2.32. The van der Waals surface area contributed by atoms with Gasteiger partial charge in [0.1, 0.15) is 6.10 Å². The number of halogens is 1. The largest absolute Gasteiger partial charge is 0.372 e. The van der Waals surface area contributed by atoms with Gasteiger partial charge in [0.15, 0.2) is 0 Å². The maximum Gasteiger partial charge on any atom is 0.251 e. The molecule has 0 aromatic carbocycles. The predicted molar refractivity (Wildman–Crippen MR) is 62.1 cm³/mol. The van der Waals surface area contributed by atoms with Crippen LogP contribution in [0.15, 0.2) is 0 Å². The highest BCUT2D eigenvalue weighted by Crippen LogP contribution is 2.11. The van der Waals surface area contributed by atoms with Crippen molar-refractivity contribution < 1.29 is 9.53 Å². The first-order valence-corrected chi connectivity index (χ1v) is 5.26. The molecule has 1 saturated heterocycles. The highest BCUT2D eigenvalue weighted by atomic mass is 35.5. The Labute approximate surface area is 97.5 Å². The molecule has 0 saturated carbocycles. The number of methoxy groups -OCH3 is 1. The molecule has 1 amide bonds. The Morgan fingerprint density at radius 3 is 2.80 bits per heavy atom. The van der Waals surface area contributed by atoms with Crippen molar-refractivity contribution in [3.63, 3.8) is 0 Å². The van der Waals surface area contributed by atoms with Crippen molar-refractivity contribution in [3.8, 4) is 0 Å². The van der Waals surface area contributed by atoms with Crippen molar-refractivity contribution in [1.82, 2.24) is 4.90 Å². The zero-order valence-electron chi connectivity index (χ0n) is 9.44. The molecule has 0 radical (unpaired) electrons. The third-order valence-corrected chi connectivity index (χ3v) is 2.70. The molecular formula is C10H21ClN2O2. The highest BCUT2D eigenvalue weighted by Gasteiger charge is 2.26. The van der Waals surface area contributed by atoms with Crippen molar-refractivity contribution in [2.75, 3.05) is 20.2 Å². The van der Waals surface area contributed by atoms with Crippen LogP contribution in [-0.4, -0.2) is 43.2 Å². The normalized spacial score (nSPS) is 23.1. The fourth-order valence-corrected chi connectivity index (χ4v) is 1.86. The van der Waals surface area contributed by atoms with E-state index in [-0.39, 0.29) is 30.5 Å². The zero-order chi connectivity index (χ0) is 10.6. The lowest BCUT2D eigenvalue weighted by Crippen LogP contribution is -2.49. The summed E-state index contributed by atoms with van der Waals surface area (Å²) in [5.41, 5.74) is 5.81. The van der Waals surface area contributed by atoms with Crippen LogP contribution >= 0.6 is 12.4 Å². The molecule has 0 aromatic heterocycles. The molecular weight excluding hydrogens is 216 g/mol. The molecule has 0 aromatic rings. The van der Waals surface area contributed by atoms with E-state index in [4.69, 9.17) is 10.5 Å². The maximum absolute atomic E-state index is 11.9. The van der Waals surface area contributed by atoms with Gasteiger partial charge in [0.05, 0.1) is 0 Å². The number of hydrogen-bond acceptors (Lipinski definition) is 3. The average molecular weight is 237 g/mol. The summed E-state index contributed by atoms with van der Waals surface area (Å²) < 4.78 is 5.12. The number of carbonyl (C=O) groups is 1. The van der Waals surface area contributed by atoms with Crippen molar-refractivity contribution in [3.05, 3.63) is 0 Å². The fourth-order valence-electron chi connectivity index (χ4n) is 1.86. The summed E-state index contributed by atoms with van der Waals surface area (Å²) in [6.45, 7) is 3.46. The minimum atomic E-state index is -0.291. The van der Waals surface area contributed by atoms with Gasteiger partial charge in [0, 0.05) is 26.2 Å². The molecule has 1 fully saturated rings. The van der Waals surface area contributed by atoms with Gasteiger partial charge in [-0.15, -0.1) is 12.4 Å². The zero-order valence-corrected chi connectivity index (χ0v) is 10.3. The van der Waals surface area contributed by atoms with E-state index in [1.807, 2.05) is 11.8 Å². The third kappa shape index (κ3) is 3.97. The smallest absolute Gasteiger partial charge is 0.251 e. The number of hydrogen-bond donors (Lipinski definition) is 1. The van der Waals surface area contributed by atoms with Crippen LogP contribution in [0.1, 0.15) is 26.2 Å². The Balaban J connectivity index is 0.00000196. The molecule has 2 N–H and O–H groups in total. The van der Waals surface area contributed by atoms with Gasteiger partial charge >= 0.3 is 0 Å². The minimum Gasteiger partial charge on any atom is -0.372 e. The van der Waals surface area contributed by atoms with Crippen molar-refractivity contribution >= 4 is 18.3 Å². The van der Waals surface area contributed by atoms with Crippen LogP contribution in [0, 0.1) is 0 Å². The SMILES string of the molecule is CCC(OC)C(=O)N1CCC[C@@H](N)C1.Cl. The van der Waals surface area contributed by atoms with Gasteiger partial charge in [-0.05, 0) is 19.3 Å². The summed E-state index contributed by atoms with van der Waals surface area (Å²) in [6, 6.07) is 0.141. The summed E-state index contributed by atoms with van der Waals surface area (Å²) in [7, 11) is 1.58. The second kappa shape index (κ2) is 7.04. The van der Waals surface area contributed by atoms with E-state index in [0.717, 1.165) is 25.8 Å².